The van der Waals surface area contributed by atoms with Crippen LogP contribution >= 0.6 is 0 Å². The monoisotopic (exact) mass is 550 g/mol. The Kier molecular flexibility index (Phi) is 7.29. The lowest BCUT2D eigenvalue weighted by Crippen LogP contribution is -2.48. The molecule has 4 aromatic rings. The van der Waals surface area contributed by atoms with Crippen molar-refractivity contribution >= 4 is 23.2 Å². The van der Waals surface area contributed by atoms with E-state index in [0.717, 1.165) is 28.3 Å². The van der Waals surface area contributed by atoms with Crippen molar-refractivity contribution in [1.29, 1.82) is 0 Å². The highest BCUT2D eigenvalue weighted by Gasteiger charge is 2.36. The number of ether oxygens (including phenoxy) is 1. The first-order valence-corrected chi connectivity index (χ1v) is 13.7. The number of amides is 2. The Morgan fingerprint density at radius 2 is 1.63 bits per heavy atom. The molecule has 0 saturated carbocycles. The first-order valence-electron chi connectivity index (χ1n) is 13.7. The van der Waals surface area contributed by atoms with Crippen LogP contribution < -0.4 is 15.0 Å². The van der Waals surface area contributed by atoms with Gasteiger partial charge in [-0.2, -0.15) is 0 Å². The van der Waals surface area contributed by atoms with E-state index in [1.54, 1.807) is 24.1 Å². The van der Waals surface area contributed by atoms with Gasteiger partial charge < -0.3 is 24.8 Å². The highest BCUT2D eigenvalue weighted by Crippen LogP contribution is 2.36. The molecule has 2 aliphatic heterocycles. The number of hydrogen-bond donors (Lipinski definition) is 1. The topological polar surface area (TPSA) is 65.1 Å². The lowest BCUT2D eigenvalue weighted by atomic mass is 10.1. The molecular weight excluding hydrogens is 519 g/mol. The van der Waals surface area contributed by atoms with E-state index in [9.17, 15) is 14.0 Å². The molecule has 41 heavy (non-hydrogen) atoms. The molecule has 2 amide bonds. The highest BCUT2D eigenvalue weighted by atomic mass is 19.1. The van der Waals surface area contributed by atoms with E-state index in [0.29, 0.717) is 43.9 Å². The molecule has 0 aliphatic carbocycles. The first kappa shape index (κ1) is 26.4. The van der Waals surface area contributed by atoms with E-state index in [1.165, 1.54) is 12.1 Å². The van der Waals surface area contributed by atoms with Gasteiger partial charge in [0.25, 0.3) is 11.8 Å². The number of nitrogens with one attached hydrogen (secondary N) is 1. The molecule has 1 N–H and O–H groups in total. The lowest BCUT2D eigenvalue weighted by molar-refractivity contribution is 0.0724. The molecule has 7 nitrogen and oxygen atoms in total. The van der Waals surface area contributed by atoms with Crippen molar-refractivity contribution in [3.63, 3.8) is 0 Å². The average molecular weight is 551 g/mol. The summed E-state index contributed by atoms with van der Waals surface area (Å²) in [5.74, 6) is 0.385. The third-order valence-corrected chi connectivity index (χ3v) is 7.73. The Morgan fingerprint density at radius 3 is 2.41 bits per heavy atom. The van der Waals surface area contributed by atoms with E-state index < -0.39 is 6.17 Å². The quantitative estimate of drug-likeness (QED) is 0.326. The summed E-state index contributed by atoms with van der Waals surface area (Å²) in [4.78, 5) is 32.7. The van der Waals surface area contributed by atoms with Crippen molar-refractivity contribution in [2.24, 2.45) is 0 Å². The van der Waals surface area contributed by atoms with Gasteiger partial charge >= 0.3 is 0 Å². The SMILES string of the molecule is COc1ccccc1N1CCN(C(=O)c2cccc(NC3c4ccccc4C(=O)N3Cc3ccc(F)cc3)c2)CC1. The average Bonchev–Trinajstić information content (AvgIpc) is 3.28. The predicted molar refractivity (Wildman–Crippen MR) is 157 cm³/mol. The summed E-state index contributed by atoms with van der Waals surface area (Å²) in [5, 5.41) is 3.49. The maximum atomic E-state index is 13.5. The molecular formula is C33H31FN4O3. The Hall–Kier alpha value is -4.85. The van der Waals surface area contributed by atoms with Crippen molar-refractivity contribution in [2.75, 3.05) is 43.5 Å². The molecule has 2 heterocycles. The Labute approximate surface area is 238 Å². The number of carbonyl (C=O) groups is 2. The number of nitrogens with zero attached hydrogens (tertiary/aromatic N) is 3. The van der Waals surface area contributed by atoms with Crippen LogP contribution in [0, 0.1) is 5.82 Å². The van der Waals surface area contributed by atoms with Gasteiger partial charge in [0.15, 0.2) is 0 Å². The van der Waals surface area contributed by atoms with E-state index in [1.807, 2.05) is 77.7 Å². The van der Waals surface area contributed by atoms with Crippen LogP contribution in [0.2, 0.25) is 0 Å². The van der Waals surface area contributed by atoms with Crippen LogP contribution in [0.1, 0.15) is 38.0 Å². The van der Waals surface area contributed by atoms with Gasteiger partial charge in [0.05, 0.1) is 12.8 Å². The minimum atomic E-state index is -0.432. The predicted octanol–water partition coefficient (Wildman–Crippen LogP) is 5.56. The Morgan fingerprint density at radius 1 is 0.902 bits per heavy atom. The summed E-state index contributed by atoms with van der Waals surface area (Å²) in [6.07, 6.45) is -0.432. The molecule has 0 radical (unpaired) electrons. The molecule has 0 spiro atoms. The number of benzene rings is 4. The zero-order chi connectivity index (χ0) is 28.3. The third-order valence-electron chi connectivity index (χ3n) is 7.73. The van der Waals surface area contributed by atoms with Gasteiger partial charge in [0, 0.05) is 55.1 Å². The van der Waals surface area contributed by atoms with Crippen LogP contribution in [0.4, 0.5) is 15.8 Å². The number of rotatable bonds is 7. The fourth-order valence-electron chi connectivity index (χ4n) is 5.60. The number of piperazine rings is 1. The molecule has 4 aromatic carbocycles. The normalized spacial score (nSPS) is 16.5. The number of carbonyl (C=O) groups excluding carboxylic acids is 2. The summed E-state index contributed by atoms with van der Waals surface area (Å²) >= 11 is 0. The molecule has 0 bridgehead atoms. The third kappa shape index (κ3) is 5.33. The molecule has 1 saturated heterocycles. The highest BCUT2D eigenvalue weighted by molar-refractivity contribution is 5.99. The van der Waals surface area contributed by atoms with Gasteiger partial charge in [-0.05, 0) is 54.1 Å². The van der Waals surface area contributed by atoms with Crippen LogP contribution in [0.15, 0.2) is 97.1 Å². The second kappa shape index (κ2) is 11.3. The molecule has 1 unspecified atom stereocenters. The number of para-hydroxylation sites is 2. The summed E-state index contributed by atoms with van der Waals surface area (Å²) in [6.45, 7) is 2.95. The van der Waals surface area contributed by atoms with Crippen molar-refractivity contribution in [1.82, 2.24) is 9.80 Å². The van der Waals surface area contributed by atoms with E-state index in [-0.39, 0.29) is 17.6 Å². The Balaban J connectivity index is 1.18. The standard InChI is InChI=1S/C33H31FN4O3/c1-41-30-12-5-4-11-29(30)36-17-19-37(20-18-36)32(39)24-7-6-8-26(21-24)35-31-27-9-2-3-10-28(27)33(40)38(31)22-23-13-15-25(34)16-14-23/h2-16,21,31,35H,17-20,22H2,1H3. The summed E-state index contributed by atoms with van der Waals surface area (Å²) in [6, 6.07) is 29.0. The number of halogens is 1. The fraction of sp³-hybridized carbons (Fsp3) is 0.212. The maximum absolute atomic E-state index is 13.5. The molecule has 2 aliphatic rings. The van der Waals surface area contributed by atoms with Crippen molar-refractivity contribution < 1.29 is 18.7 Å². The van der Waals surface area contributed by atoms with Crippen LogP contribution in [-0.2, 0) is 6.54 Å². The molecule has 0 aromatic heterocycles. The molecule has 1 atom stereocenters. The first-order chi connectivity index (χ1) is 20.0. The van der Waals surface area contributed by atoms with Gasteiger partial charge in [-0.3, -0.25) is 9.59 Å². The Bertz CT molecular complexity index is 1570. The molecule has 208 valence electrons. The van der Waals surface area contributed by atoms with E-state index >= 15 is 0 Å². The number of fused-ring (bicyclic) bond motifs is 1. The minimum Gasteiger partial charge on any atom is -0.495 e. The van der Waals surface area contributed by atoms with Crippen molar-refractivity contribution in [2.45, 2.75) is 12.7 Å². The number of methoxy groups -OCH3 is 1. The van der Waals surface area contributed by atoms with Gasteiger partial charge in [0.2, 0.25) is 0 Å². The fourth-order valence-corrected chi connectivity index (χ4v) is 5.60. The van der Waals surface area contributed by atoms with Gasteiger partial charge in [-0.1, -0.05) is 48.5 Å². The number of anilines is 2. The molecule has 6 rings (SSSR count). The maximum Gasteiger partial charge on any atom is 0.256 e. The van der Waals surface area contributed by atoms with Crippen molar-refractivity contribution in [3.8, 4) is 5.75 Å². The minimum absolute atomic E-state index is 0.0283. The van der Waals surface area contributed by atoms with Crippen LogP contribution in [-0.4, -0.2) is 54.9 Å². The van der Waals surface area contributed by atoms with Gasteiger partial charge in [-0.25, -0.2) is 4.39 Å². The van der Waals surface area contributed by atoms with Crippen molar-refractivity contribution in [3.05, 3.63) is 125 Å². The summed E-state index contributed by atoms with van der Waals surface area (Å²) in [5.41, 5.74) is 4.68. The van der Waals surface area contributed by atoms with Gasteiger partial charge in [-0.15, -0.1) is 0 Å². The largest absolute Gasteiger partial charge is 0.495 e. The molecule has 8 heteroatoms. The summed E-state index contributed by atoms with van der Waals surface area (Å²) in [7, 11) is 1.67. The second-order valence-corrected chi connectivity index (χ2v) is 10.2. The zero-order valence-electron chi connectivity index (χ0n) is 22.8. The summed E-state index contributed by atoms with van der Waals surface area (Å²) < 4.78 is 19.0. The van der Waals surface area contributed by atoms with Crippen LogP contribution in [0.3, 0.4) is 0 Å². The van der Waals surface area contributed by atoms with Crippen LogP contribution in [0.25, 0.3) is 0 Å². The number of hydrogen-bond acceptors (Lipinski definition) is 5. The zero-order valence-corrected chi connectivity index (χ0v) is 22.8. The molecule has 1 fully saturated rings. The van der Waals surface area contributed by atoms with Gasteiger partial charge in [0.1, 0.15) is 17.7 Å². The second-order valence-electron chi connectivity index (χ2n) is 10.2. The lowest BCUT2D eigenvalue weighted by Gasteiger charge is -2.36. The van der Waals surface area contributed by atoms with Crippen LogP contribution in [0.5, 0.6) is 5.75 Å². The smallest absolute Gasteiger partial charge is 0.256 e. The van der Waals surface area contributed by atoms with E-state index in [2.05, 4.69) is 10.2 Å². The van der Waals surface area contributed by atoms with E-state index in [4.69, 9.17) is 4.74 Å².